The molecule has 0 fully saturated rings. The van der Waals surface area contributed by atoms with Gasteiger partial charge in [-0.15, -0.1) is 0 Å². The fraction of sp³-hybridized carbons (Fsp3) is 0.611. The normalized spacial score (nSPS) is 11.4. The fourth-order valence-electron chi connectivity index (χ4n) is 2.60. The lowest BCUT2D eigenvalue weighted by atomic mass is 10.3. The number of carbonyl (C=O) groups excluding carboxylic acids is 1. The second-order valence-corrected chi connectivity index (χ2v) is 8.50. The van der Waals surface area contributed by atoms with E-state index in [1.165, 1.54) is 18.2 Å². The van der Waals surface area contributed by atoms with E-state index in [9.17, 15) is 23.3 Å². The van der Waals surface area contributed by atoms with E-state index in [0.717, 1.165) is 6.07 Å². The molecule has 0 unspecified atom stereocenters. The summed E-state index contributed by atoms with van der Waals surface area (Å²) in [7, 11) is -2.39. The molecule has 1 aromatic carbocycles. The Kier molecular flexibility index (Phi) is 10.6. The van der Waals surface area contributed by atoms with Crippen LogP contribution in [-0.4, -0.2) is 63.7 Å². The molecule has 164 valence electrons. The number of urea groups is 1. The summed E-state index contributed by atoms with van der Waals surface area (Å²) < 4.78 is 32.1. The summed E-state index contributed by atoms with van der Waals surface area (Å²) in [6.07, 6.45) is 1.76. The number of para-hydroxylation sites is 1. The molecule has 0 aliphatic heterocycles. The van der Waals surface area contributed by atoms with Crippen LogP contribution < -0.4 is 10.0 Å². The monoisotopic (exact) mass is 430 g/mol. The van der Waals surface area contributed by atoms with Gasteiger partial charge in [0, 0.05) is 45.5 Å². The molecule has 0 aliphatic rings. The lowest BCUT2D eigenvalue weighted by molar-refractivity contribution is -0.387. The zero-order chi connectivity index (χ0) is 21.9. The molecular formula is C18H30N4O6S. The minimum Gasteiger partial charge on any atom is -0.385 e. The van der Waals surface area contributed by atoms with Crippen molar-refractivity contribution < 1.29 is 22.9 Å². The van der Waals surface area contributed by atoms with Crippen molar-refractivity contribution in [2.45, 2.75) is 44.0 Å². The molecule has 0 saturated carbocycles. The van der Waals surface area contributed by atoms with Crippen molar-refractivity contribution in [3.63, 3.8) is 0 Å². The van der Waals surface area contributed by atoms with Gasteiger partial charge in [-0.3, -0.25) is 10.1 Å². The summed E-state index contributed by atoms with van der Waals surface area (Å²) in [5, 5.41) is 13.9. The first-order valence-corrected chi connectivity index (χ1v) is 10.9. The summed E-state index contributed by atoms with van der Waals surface area (Å²) in [6.45, 7) is 5.42. The molecule has 0 bridgehead atoms. The van der Waals surface area contributed by atoms with Gasteiger partial charge in [-0.25, -0.2) is 17.9 Å². The molecule has 0 atom stereocenters. The van der Waals surface area contributed by atoms with Gasteiger partial charge in [0.15, 0.2) is 4.90 Å². The summed E-state index contributed by atoms with van der Waals surface area (Å²) in [5.74, 6) is 0. The molecule has 0 saturated heterocycles. The molecule has 29 heavy (non-hydrogen) atoms. The Balaban J connectivity index is 2.56. The van der Waals surface area contributed by atoms with Gasteiger partial charge in [0.05, 0.1) is 4.92 Å². The van der Waals surface area contributed by atoms with E-state index in [0.29, 0.717) is 39.0 Å². The third-order valence-corrected chi connectivity index (χ3v) is 5.48. The number of unbranched alkanes of at least 4 members (excludes halogenated alkanes) is 1. The van der Waals surface area contributed by atoms with Crippen LogP contribution in [0, 0.1) is 10.1 Å². The van der Waals surface area contributed by atoms with Crippen molar-refractivity contribution in [3.8, 4) is 0 Å². The Morgan fingerprint density at radius 3 is 2.48 bits per heavy atom. The van der Waals surface area contributed by atoms with E-state index >= 15 is 0 Å². The number of nitrogens with one attached hydrogen (secondary N) is 2. The highest BCUT2D eigenvalue weighted by Crippen LogP contribution is 2.22. The number of nitro benzene ring substituents is 1. The van der Waals surface area contributed by atoms with Gasteiger partial charge in [0.2, 0.25) is 10.0 Å². The van der Waals surface area contributed by atoms with Gasteiger partial charge < -0.3 is 15.0 Å². The number of amides is 2. The highest BCUT2D eigenvalue weighted by atomic mass is 32.2. The zero-order valence-corrected chi connectivity index (χ0v) is 17.9. The quantitative estimate of drug-likeness (QED) is 0.280. The van der Waals surface area contributed by atoms with Crippen molar-refractivity contribution in [3.05, 3.63) is 34.4 Å². The Morgan fingerprint density at radius 2 is 1.86 bits per heavy atom. The van der Waals surface area contributed by atoms with Gasteiger partial charge in [0.1, 0.15) is 0 Å². The fourth-order valence-corrected chi connectivity index (χ4v) is 3.84. The first-order chi connectivity index (χ1) is 13.7. The van der Waals surface area contributed by atoms with Crippen LogP contribution in [0.2, 0.25) is 0 Å². The number of ether oxygens (including phenoxy) is 1. The molecule has 0 aliphatic carbocycles. The number of rotatable bonds is 13. The molecule has 0 heterocycles. The second kappa shape index (κ2) is 12.3. The van der Waals surface area contributed by atoms with E-state index in [2.05, 4.69) is 10.0 Å². The number of nitro groups is 1. The van der Waals surface area contributed by atoms with Gasteiger partial charge in [-0.2, -0.15) is 0 Å². The van der Waals surface area contributed by atoms with E-state index in [1.807, 2.05) is 13.8 Å². The standard InChI is InChI=1S/C18H30N4O6S/c1-15(2)20-18(23)21(13-8-14-28-3)12-7-6-11-19-29(26,27)17-10-5-4-9-16(17)22(24)25/h4-5,9-10,15,19H,6-8,11-14H2,1-3H3,(H,20,23). The summed E-state index contributed by atoms with van der Waals surface area (Å²) in [5.41, 5.74) is -0.463. The number of methoxy groups -OCH3 is 1. The molecule has 10 nitrogen and oxygen atoms in total. The third kappa shape index (κ3) is 8.75. The topological polar surface area (TPSA) is 131 Å². The van der Waals surface area contributed by atoms with Crippen LogP contribution in [0.4, 0.5) is 10.5 Å². The van der Waals surface area contributed by atoms with Crippen molar-refractivity contribution >= 4 is 21.7 Å². The average molecular weight is 431 g/mol. The lowest BCUT2D eigenvalue weighted by Gasteiger charge is -2.24. The first kappa shape index (κ1) is 24.8. The minimum absolute atomic E-state index is 0.0147. The number of hydrogen-bond acceptors (Lipinski definition) is 6. The zero-order valence-electron chi connectivity index (χ0n) is 17.1. The van der Waals surface area contributed by atoms with Crippen LogP contribution in [0.3, 0.4) is 0 Å². The van der Waals surface area contributed by atoms with Crippen molar-refractivity contribution in [2.24, 2.45) is 0 Å². The van der Waals surface area contributed by atoms with E-state index < -0.39 is 20.6 Å². The molecule has 0 radical (unpaired) electrons. The number of sulfonamides is 1. The molecule has 11 heteroatoms. The molecule has 1 aromatic rings. The molecule has 2 amide bonds. The molecule has 0 spiro atoms. The number of benzene rings is 1. The summed E-state index contributed by atoms with van der Waals surface area (Å²) in [4.78, 5) is 23.9. The Morgan fingerprint density at radius 1 is 1.21 bits per heavy atom. The predicted molar refractivity (Wildman–Crippen MR) is 109 cm³/mol. The van der Waals surface area contributed by atoms with Crippen LogP contribution >= 0.6 is 0 Å². The van der Waals surface area contributed by atoms with Gasteiger partial charge in [-0.05, 0) is 39.2 Å². The summed E-state index contributed by atoms with van der Waals surface area (Å²) in [6, 6.07) is 5.05. The van der Waals surface area contributed by atoms with Crippen LogP contribution in [0.1, 0.15) is 33.1 Å². The van der Waals surface area contributed by atoms with E-state index in [-0.39, 0.29) is 23.5 Å². The first-order valence-electron chi connectivity index (χ1n) is 9.46. The predicted octanol–water partition coefficient (Wildman–Crippen LogP) is 2.11. The Bertz CT molecular complexity index is 769. The van der Waals surface area contributed by atoms with Crippen molar-refractivity contribution in [1.29, 1.82) is 0 Å². The molecule has 1 rings (SSSR count). The SMILES string of the molecule is COCCCN(CCCCNS(=O)(=O)c1ccccc1[N+](=O)[O-])C(=O)NC(C)C. The largest absolute Gasteiger partial charge is 0.385 e. The molecular weight excluding hydrogens is 400 g/mol. The van der Waals surface area contributed by atoms with Crippen LogP contribution in [-0.2, 0) is 14.8 Å². The van der Waals surface area contributed by atoms with E-state index in [4.69, 9.17) is 4.74 Å². The van der Waals surface area contributed by atoms with E-state index in [1.54, 1.807) is 12.0 Å². The lowest BCUT2D eigenvalue weighted by Crippen LogP contribution is -2.44. The van der Waals surface area contributed by atoms with Gasteiger partial charge in [0.25, 0.3) is 5.69 Å². The van der Waals surface area contributed by atoms with Gasteiger partial charge in [-0.1, -0.05) is 12.1 Å². The second-order valence-electron chi connectivity index (χ2n) is 6.77. The van der Waals surface area contributed by atoms with Crippen molar-refractivity contribution in [2.75, 3.05) is 33.4 Å². The average Bonchev–Trinajstić information content (AvgIpc) is 2.65. The number of hydrogen-bond donors (Lipinski definition) is 2. The maximum atomic E-state index is 12.4. The molecule has 2 N–H and O–H groups in total. The van der Waals surface area contributed by atoms with Crippen LogP contribution in [0.15, 0.2) is 29.2 Å². The molecule has 0 aromatic heterocycles. The third-order valence-electron chi connectivity index (χ3n) is 3.97. The Hall–Kier alpha value is -2.24. The van der Waals surface area contributed by atoms with Crippen LogP contribution in [0.25, 0.3) is 0 Å². The number of carbonyl (C=O) groups is 1. The Labute approximate surface area is 171 Å². The number of nitrogens with zero attached hydrogens (tertiary/aromatic N) is 2. The van der Waals surface area contributed by atoms with Crippen LogP contribution in [0.5, 0.6) is 0 Å². The highest BCUT2D eigenvalue weighted by molar-refractivity contribution is 7.89. The maximum Gasteiger partial charge on any atom is 0.317 e. The van der Waals surface area contributed by atoms with Gasteiger partial charge >= 0.3 is 6.03 Å². The van der Waals surface area contributed by atoms with Crippen molar-refractivity contribution in [1.82, 2.24) is 14.9 Å². The smallest absolute Gasteiger partial charge is 0.317 e. The summed E-state index contributed by atoms with van der Waals surface area (Å²) >= 11 is 0. The highest BCUT2D eigenvalue weighted by Gasteiger charge is 2.24. The minimum atomic E-state index is -3.99. The maximum absolute atomic E-state index is 12.4.